The highest BCUT2D eigenvalue weighted by atomic mass is 79.9. The Kier molecular flexibility index (Phi) is 3.78. The summed E-state index contributed by atoms with van der Waals surface area (Å²) in [7, 11) is 0. The van der Waals surface area contributed by atoms with Crippen LogP contribution in [-0.4, -0.2) is 0 Å². The van der Waals surface area contributed by atoms with Crippen LogP contribution in [0.3, 0.4) is 0 Å². The van der Waals surface area contributed by atoms with Crippen molar-refractivity contribution in [1.82, 2.24) is 0 Å². The van der Waals surface area contributed by atoms with Crippen LogP contribution in [0.2, 0.25) is 10.0 Å². The van der Waals surface area contributed by atoms with Crippen LogP contribution in [0.1, 0.15) is 17.4 Å². The zero-order chi connectivity index (χ0) is 14.3. The van der Waals surface area contributed by atoms with E-state index in [9.17, 15) is 0 Å². The van der Waals surface area contributed by atoms with Crippen LogP contribution in [0.5, 0.6) is 0 Å². The SMILES string of the molecule is NC(c1cc2cccc(Cl)c2o1)c1ccc(Br)cc1Cl. The van der Waals surface area contributed by atoms with E-state index in [1.807, 2.05) is 36.4 Å². The van der Waals surface area contributed by atoms with Gasteiger partial charge in [0.15, 0.2) is 5.58 Å². The molecule has 1 aromatic heterocycles. The Morgan fingerprint density at radius 1 is 1.05 bits per heavy atom. The van der Waals surface area contributed by atoms with E-state index in [0.717, 1.165) is 15.4 Å². The topological polar surface area (TPSA) is 39.2 Å². The van der Waals surface area contributed by atoms with E-state index in [2.05, 4.69) is 15.9 Å². The van der Waals surface area contributed by atoms with Crippen molar-refractivity contribution in [2.75, 3.05) is 0 Å². The van der Waals surface area contributed by atoms with Crippen molar-refractivity contribution in [3.05, 3.63) is 68.3 Å². The van der Waals surface area contributed by atoms with Crippen LogP contribution < -0.4 is 5.73 Å². The van der Waals surface area contributed by atoms with Crippen LogP contribution in [0.4, 0.5) is 0 Å². The van der Waals surface area contributed by atoms with E-state index < -0.39 is 6.04 Å². The van der Waals surface area contributed by atoms with Gasteiger partial charge in [-0.3, -0.25) is 0 Å². The van der Waals surface area contributed by atoms with Crippen LogP contribution in [0, 0.1) is 0 Å². The summed E-state index contributed by atoms with van der Waals surface area (Å²) in [6, 6.07) is 12.7. The van der Waals surface area contributed by atoms with Crippen molar-refractivity contribution in [1.29, 1.82) is 0 Å². The van der Waals surface area contributed by atoms with Gasteiger partial charge in [-0.15, -0.1) is 0 Å². The van der Waals surface area contributed by atoms with Gasteiger partial charge < -0.3 is 10.2 Å². The molecule has 2 N–H and O–H groups in total. The number of nitrogens with two attached hydrogens (primary N) is 1. The number of hydrogen-bond donors (Lipinski definition) is 1. The number of benzene rings is 2. The Hall–Kier alpha value is -1.000. The van der Waals surface area contributed by atoms with Crippen molar-refractivity contribution >= 4 is 50.1 Å². The Bertz CT molecular complexity index is 785. The third-order valence-corrected chi connectivity index (χ3v) is 4.24. The fourth-order valence-corrected chi connectivity index (χ4v) is 3.12. The number of hydrogen-bond acceptors (Lipinski definition) is 2. The minimum absolute atomic E-state index is 0.431. The van der Waals surface area contributed by atoms with Crippen LogP contribution in [0.15, 0.2) is 51.4 Å². The summed E-state index contributed by atoms with van der Waals surface area (Å²) < 4.78 is 6.68. The van der Waals surface area contributed by atoms with Gasteiger partial charge in [0.1, 0.15) is 5.76 Å². The first-order chi connectivity index (χ1) is 9.56. The van der Waals surface area contributed by atoms with Crippen LogP contribution in [-0.2, 0) is 0 Å². The maximum atomic E-state index is 6.24. The zero-order valence-electron chi connectivity index (χ0n) is 10.2. The molecule has 0 amide bonds. The molecule has 0 radical (unpaired) electrons. The van der Waals surface area contributed by atoms with E-state index in [0.29, 0.717) is 21.4 Å². The molecule has 1 atom stereocenters. The van der Waals surface area contributed by atoms with Crippen molar-refractivity contribution in [2.45, 2.75) is 6.04 Å². The second-order valence-electron chi connectivity index (χ2n) is 4.45. The molecule has 2 nitrogen and oxygen atoms in total. The Morgan fingerprint density at radius 3 is 2.55 bits per heavy atom. The molecule has 0 aliphatic heterocycles. The minimum Gasteiger partial charge on any atom is -0.457 e. The van der Waals surface area contributed by atoms with Gasteiger partial charge in [0.2, 0.25) is 0 Å². The maximum absolute atomic E-state index is 6.24. The van der Waals surface area contributed by atoms with Crippen molar-refractivity contribution in [2.24, 2.45) is 5.73 Å². The van der Waals surface area contributed by atoms with Crippen molar-refractivity contribution in [3.63, 3.8) is 0 Å². The van der Waals surface area contributed by atoms with E-state index in [-0.39, 0.29) is 0 Å². The minimum atomic E-state index is -0.431. The second kappa shape index (κ2) is 5.41. The summed E-state index contributed by atoms with van der Waals surface area (Å²) in [6.07, 6.45) is 0. The lowest BCUT2D eigenvalue weighted by Crippen LogP contribution is -2.11. The molecule has 102 valence electrons. The predicted molar refractivity (Wildman–Crippen MR) is 86.4 cm³/mol. The Morgan fingerprint density at radius 2 is 1.85 bits per heavy atom. The van der Waals surface area contributed by atoms with Crippen LogP contribution in [0.25, 0.3) is 11.0 Å². The Labute approximate surface area is 134 Å². The first-order valence-electron chi connectivity index (χ1n) is 5.95. The highest BCUT2D eigenvalue weighted by molar-refractivity contribution is 9.10. The summed E-state index contributed by atoms with van der Waals surface area (Å²) >= 11 is 15.7. The molecule has 0 fully saturated rings. The van der Waals surface area contributed by atoms with Crippen molar-refractivity contribution in [3.8, 4) is 0 Å². The first kappa shape index (κ1) is 14.0. The van der Waals surface area contributed by atoms with Crippen molar-refractivity contribution < 1.29 is 4.42 Å². The summed E-state index contributed by atoms with van der Waals surface area (Å²) in [5, 5.41) is 2.09. The lowest BCUT2D eigenvalue weighted by atomic mass is 10.1. The standard InChI is InChI=1S/C15H10BrCl2NO/c16-9-4-5-10(12(18)7-9)14(19)13-6-8-2-1-3-11(17)15(8)20-13/h1-7,14H,19H2. The van der Waals surface area contributed by atoms with E-state index >= 15 is 0 Å². The van der Waals surface area contributed by atoms with Gasteiger partial charge in [0.25, 0.3) is 0 Å². The number of furan rings is 1. The molecule has 3 rings (SSSR count). The second-order valence-corrected chi connectivity index (χ2v) is 6.18. The summed E-state index contributed by atoms with van der Waals surface area (Å²) in [6.45, 7) is 0. The van der Waals surface area contributed by atoms with Gasteiger partial charge in [-0.05, 0) is 29.8 Å². The lowest BCUT2D eigenvalue weighted by molar-refractivity contribution is 0.525. The molecular weight excluding hydrogens is 361 g/mol. The Balaban J connectivity index is 2.08. The third kappa shape index (κ3) is 2.47. The third-order valence-electron chi connectivity index (χ3n) is 3.12. The number of rotatable bonds is 2. The van der Waals surface area contributed by atoms with Crippen LogP contribution >= 0.6 is 39.1 Å². The molecular formula is C15H10BrCl2NO. The fraction of sp³-hybridized carbons (Fsp3) is 0.0667. The molecule has 0 saturated carbocycles. The highest BCUT2D eigenvalue weighted by Crippen LogP contribution is 2.33. The molecule has 1 heterocycles. The molecule has 0 aliphatic rings. The fourth-order valence-electron chi connectivity index (χ4n) is 2.11. The van der Waals surface area contributed by atoms with Gasteiger partial charge in [0, 0.05) is 14.9 Å². The quantitative estimate of drug-likeness (QED) is 0.642. The highest BCUT2D eigenvalue weighted by Gasteiger charge is 2.18. The van der Waals surface area contributed by atoms with Gasteiger partial charge in [-0.25, -0.2) is 0 Å². The average molecular weight is 371 g/mol. The lowest BCUT2D eigenvalue weighted by Gasteiger charge is -2.11. The molecule has 3 aromatic rings. The first-order valence-corrected chi connectivity index (χ1v) is 7.49. The molecule has 20 heavy (non-hydrogen) atoms. The normalized spacial score (nSPS) is 12.8. The van der Waals surface area contributed by atoms with Gasteiger partial charge in [0.05, 0.1) is 11.1 Å². The largest absolute Gasteiger partial charge is 0.457 e. The molecule has 5 heteroatoms. The smallest absolute Gasteiger partial charge is 0.152 e. The molecule has 0 bridgehead atoms. The zero-order valence-corrected chi connectivity index (χ0v) is 13.3. The van der Waals surface area contributed by atoms with E-state index in [1.54, 1.807) is 6.07 Å². The molecule has 2 aromatic carbocycles. The average Bonchev–Trinajstić information content (AvgIpc) is 2.83. The maximum Gasteiger partial charge on any atom is 0.152 e. The number of fused-ring (bicyclic) bond motifs is 1. The molecule has 0 spiro atoms. The molecule has 0 aliphatic carbocycles. The molecule has 1 unspecified atom stereocenters. The predicted octanol–water partition coefficient (Wildman–Crippen LogP) is 5.55. The van der Waals surface area contributed by atoms with Gasteiger partial charge >= 0.3 is 0 Å². The summed E-state index contributed by atoms with van der Waals surface area (Å²) in [5.41, 5.74) is 7.70. The van der Waals surface area contributed by atoms with Gasteiger partial charge in [-0.2, -0.15) is 0 Å². The number of halogens is 3. The van der Waals surface area contributed by atoms with E-state index in [1.165, 1.54) is 0 Å². The van der Waals surface area contributed by atoms with E-state index in [4.69, 9.17) is 33.4 Å². The summed E-state index contributed by atoms with van der Waals surface area (Å²) in [4.78, 5) is 0. The summed E-state index contributed by atoms with van der Waals surface area (Å²) in [5.74, 6) is 0.636. The van der Waals surface area contributed by atoms with Gasteiger partial charge in [-0.1, -0.05) is 57.3 Å². The monoisotopic (exact) mass is 369 g/mol. The number of para-hydroxylation sites is 1. The molecule has 0 saturated heterocycles.